The zero-order chi connectivity index (χ0) is 22.0. The molecule has 154 valence electrons. The maximum Gasteiger partial charge on any atom is 0.416 e. The molecule has 0 fully saturated rings. The first-order valence-corrected chi connectivity index (χ1v) is 7.80. The molecule has 11 heteroatoms. The van der Waals surface area contributed by atoms with Gasteiger partial charge in [-0.3, -0.25) is 14.4 Å². The highest BCUT2D eigenvalue weighted by Gasteiger charge is 2.37. The van der Waals surface area contributed by atoms with E-state index in [0.717, 1.165) is 0 Å². The van der Waals surface area contributed by atoms with Crippen molar-refractivity contribution in [3.8, 4) is 0 Å². The summed E-state index contributed by atoms with van der Waals surface area (Å²) >= 11 is 0. The van der Waals surface area contributed by atoms with Crippen LogP contribution in [-0.4, -0.2) is 17.6 Å². The monoisotopic (exact) mass is 418 g/mol. The van der Waals surface area contributed by atoms with E-state index in [-0.39, 0.29) is 29.7 Å². The number of nitrogens with one attached hydrogen (secondary N) is 2. The fraction of sp³-hybridized carbons (Fsp3) is 0.167. The van der Waals surface area contributed by atoms with Gasteiger partial charge in [-0.2, -0.15) is 26.3 Å². The predicted octanol–water partition coefficient (Wildman–Crippen LogP) is 4.50. The van der Waals surface area contributed by atoms with Gasteiger partial charge < -0.3 is 10.6 Å². The minimum Gasteiger partial charge on any atom is -0.318 e. The van der Waals surface area contributed by atoms with E-state index >= 15 is 0 Å². The van der Waals surface area contributed by atoms with Crippen molar-refractivity contribution in [2.45, 2.75) is 19.3 Å². The van der Waals surface area contributed by atoms with Crippen molar-refractivity contribution in [2.75, 3.05) is 10.6 Å². The van der Waals surface area contributed by atoms with E-state index in [9.17, 15) is 40.7 Å². The van der Waals surface area contributed by atoms with Gasteiger partial charge >= 0.3 is 24.2 Å². The minimum absolute atomic E-state index is 0.0928. The van der Waals surface area contributed by atoms with Crippen LogP contribution in [-0.2, 0) is 21.9 Å². The molecule has 0 aliphatic rings. The molecule has 0 spiro atoms. The number of alkyl halides is 6. The van der Waals surface area contributed by atoms with Crippen LogP contribution in [0, 0.1) is 0 Å². The summed E-state index contributed by atoms with van der Waals surface area (Å²) in [6.45, 7) is 1.31. The Labute approximate surface area is 159 Å². The zero-order valence-electron chi connectivity index (χ0n) is 14.5. The van der Waals surface area contributed by atoms with Gasteiger partial charge in [0, 0.05) is 16.9 Å². The van der Waals surface area contributed by atoms with Crippen molar-refractivity contribution in [2.24, 2.45) is 0 Å². The number of carbonyl (C=O) groups is 3. The third kappa shape index (κ3) is 5.80. The summed E-state index contributed by atoms with van der Waals surface area (Å²) < 4.78 is 77.0. The molecular weight excluding hydrogens is 406 g/mol. The number of ketones is 1. The topological polar surface area (TPSA) is 75.3 Å². The molecule has 0 unspecified atom stereocenters. The molecule has 0 bridgehead atoms. The molecule has 2 rings (SSSR count). The summed E-state index contributed by atoms with van der Waals surface area (Å²) in [6, 6.07) is 5.77. The minimum atomic E-state index is -5.10. The average Bonchev–Trinajstić information content (AvgIpc) is 2.60. The molecule has 2 aromatic rings. The van der Waals surface area contributed by atoms with E-state index < -0.39 is 41.0 Å². The normalized spacial score (nSPS) is 11.7. The molecule has 0 saturated heterocycles. The molecule has 5 nitrogen and oxygen atoms in total. The predicted molar refractivity (Wildman–Crippen MR) is 90.2 cm³/mol. The lowest BCUT2D eigenvalue weighted by Gasteiger charge is -2.14. The van der Waals surface area contributed by atoms with Gasteiger partial charge in [0.25, 0.3) is 0 Å². The van der Waals surface area contributed by atoms with Gasteiger partial charge in [-0.15, -0.1) is 0 Å². The van der Waals surface area contributed by atoms with E-state index in [2.05, 4.69) is 5.32 Å². The lowest BCUT2D eigenvalue weighted by molar-refractivity contribution is -0.143. The van der Waals surface area contributed by atoms with Crippen LogP contribution in [0.1, 0.15) is 28.4 Å². The van der Waals surface area contributed by atoms with Gasteiger partial charge in [-0.1, -0.05) is 0 Å². The molecule has 2 amide bonds. The van der Waals surface area contributed by atoms with E-state index in [0.29, 0.717) is 5.56 Å². The van der Waals surface area contributed by atoms with Crippen molar-refractivity contribution < 1.29 is 40.7 Å². The number of benzene rings is 2. The number of Topliss-reactive ketones (excluding diaryl/α,β-unsaturated/α-hetero) is 1. The summed E-state index contributed by atoms with van der Waals surface area (Å²) in [5, 5.41) is 3.82. The standard InChI is InChI=1S/C18H12F6N2O3/c1-9(27)10-2-4-13(5-3-10)25-15(28)16(29)26-14-7-11(17(19,20)21)6-12(8-14)18(22,23)24/h2-8H,1H3,(H,25,28)(H,26,29). The number of hydrogen-bond donors (Lipinski definition) is 2. The molecule has 0 aromatic heterocycles. The van der Waals surface area contributed by atoms with Gasteiger partial charge in [0.2, 0.25) is 0 Å². The molecule has 2 aromatic carbocycles. The van der Waals surface area contributed by atoms with Crippen LogP contribution < -0.4 is 10.6 Å². The molecular formula is C18H12F6N2O3. The first-order chi connectivity index (χ1) is 13.3. The fourth-order valence-electron chi connectivity index (χ4n) is 2.19. The van der Waals surface area contributed by atoms with Gasteiger partial charge in [-0.25, -0.2) is 0 Å². The number of carbonyl (C=O) groups excluding carboxylic acids is 3. The largest absolute Gasteiger partial charge is 0.416 e. The summed E-state index contributed by atoms with van der Waals surface area (Å²) in [4.78, 5) is 34.9. The highest BCUT2D eigenvalue weighted by molar-refractivity contribution is 6.43. The molecule has 0 aliphatic carbocycles. The maximum absolute atomic E-state index is 12.8. The van der Waals surface area contributed by atoms with Crippen molar-refractivity contribution in [3.05, 3.63) is 59.2 Å². The van der Waals surface area contributed by atoms with Crippen LogP contribution in [0.3, 0.4) is 0 Å². The average molecular weight is 418 g/mol. The molecule has 0 saturated carbocycles. The van der Waals surface area contributed by atoms with E-state index in [1.807, 2.05) is 0 Å². The Kier molecular flexibility index (Phi) is 6.00. The van der Waals surface area contributed by atoms with E-state index in [4.69, 9.17) is 0 Å². The highest BCUT2D eigenvalue weighted by atomic mass is 19.4. The van der Waals surface area contributed by atoms with Gasteiger partial charge in [0.05, 0.1) is 11.1 Å². The number of amides is 2. The Hall–Kier alpha value is -3.37. The fourth-order valence-corrected chi connectivity index (χ4v) is 2.19. The van der Waals surface area contributed by atoms with Crippen LogP contribution >= 0.6 is 0 Å². The quantitative estimate of drug-likeness (QED) is 0.438. The van der Waals surface area contributed by atoms with Crippen molar-refractivity contribution >= 4 is 29.0 Å². The molecule has 0 radical (unpaired) electrons. The second-order valence-corrected chi connectivity index (χ2v) is 5.84. The molecule has 0 aliphatic heterocycles. The van der Waals surface area contributed by atoms with Crippen LogP contribution in [0.2, 0.25) is 0 Å². The second kappa shape index (κ2) is 7.94. The number of halogens is 6. The van der Waals surface area contributed by atoms with Crippen LogP contribution in [0.4, 0.5) is 37.7 Å². The van der Waals surface area contributed by atoms with E-state index in [1.165, 1.54) is 31.2 Å². The maximum atomic E-state index is 12.8. The van der Waals surface area contributed by atoms with Crippen molar-refractivity contribution in [1.29, 1.82) is 0 Å². The second-order valence-electron chi connectivity index (χ2n) is 5.84. The number of rotatable bonds is 3. The van der Waals surface area contributed by atoms with Crippen molar-refractivity contribution in [3.63, 3.8) is 0 Å². The molecule has 29 heavy (non-hydrogen) atoms. The zero-order valence-corrected chi connectivity index (χ0v) is 14.5. The van der Waals surface area contributed by atoms with Gasteiger partial charge in [-0.05, 0) is 49.4 Å². The highest BCUT2D eigenvalue weighted by Crippen LogP contribution is 2.37. The Bertz CT molecular complexity index is 917. The van der Waals surface area contributed by atoms with Crippen LogP contribution in [0.15, 0.2) is 42.5 Å². The molecule has 0 atom stereocenters. The van der Waals surface area contributed by atoms with Crippen LogP contribution in [0.25, 0.3) is 0 Å². The smallest absolute Gasteiger partial charge is 0.318 e. The summed E-state index contributed by atoms with van der Waals surface area (Å²) in [5.74, 6) is -3.05. The first kappa shape index (κ1) is 21.9. The van der Waals surface area contributed by atoms with Gasteiger partial charge in [0.1, 0.15) is 0 Å². The Morgan fingerprint density at radius 3 is 1.48 bits per heavy atom. The SMILES string of the molecule is CC(=O)c1ccc(NC(=O)C(=O)Nc2cc(C(F)(F)F)cc(C(F)(F)F)c2)cc1. The third-order valence-electron chi connectivity index (χ3n) is 3.60. The first-order valence-electron chi connectivity index (χ1n) is 7.80. The van der Waals surface area contributed by atoms with Crippen LogP contribution in [0.5, 0.6) is 0 Å². The Morgan fingerprint density at radius 2 is 1.10 bits per heavy atom. The third-order valence-corrected chi connectivity index (χ3v) is 3.60. The lowest BCUT2D eigenvalue weighted by atomic mass is 10.1. The summed E-state index contributed by atoms with van der Waals surface area (Å²) in [7, 11) is 0. The van der Waals surface area contributed by atoms with Crippen molar-refractivity contribution in [1.82, 2.24) is 0 Å². The molecule has 2 N–H and O–H groups in total. The summed E-state index contributed by atoms with van der Waals surface area (Å²) in [5.41, 5.74) is -3.70. The Morgan fingerprint density at radius 1 is 0.690 bits per heavy atom. The molecule has 0 heterocycles. The lowest BCUT2D eigenvalue weighted by Crippen LogP contribution is -2.29. The number of hydrogen-bond acceptors (Lipinski definition) is 3. The summed E-state index contributed by atoms with van der Waals surface area (Å²) in [6.07, 6.45) is -10.2. The number of anilines is 2. The van der Waals surface area contributed by atoms with E-state index in [1.54, 1.807) is 5.32 Å². The Balaban J connectivity index is 2.20. The van der Waals surface area contributed by atoms with Gasteiger partial charge in [0.15, 0.2) is 5.78 Å².